The maximum absolute atomic E-state index is 12.2. The maximum atomic E-state index is 12.2. The summed E-state index contributed by atoms with van der Waals surface area (Å²) in [6.07, 6.45) is 2.27. The summed E-state index contributed by atoms with van der Waals surface area (Å²) >= 11 is 3.40. The fourth-order valence-corrected chi connectivity index (χ4v) is 2.71. The zero-order chi connectivity index (χ0) is 13.8. The standard InChI is InChI=1S/C14H19BrN2O2/c1-10-4-3-7-17(9-10)14(18)16-12-8-11(15)5-6-13(12)19-2/h5-6,8,10H,3-4,7,9H2,1-2H3,(H,16,18). The molecule has 1 heterocycles. The number of rotatable bonds is 2. The number of amides is 2. The lowest BCUT2D eigenvalue weighted by atomic mass is 10.0. The SMILES string of the molecule is COc1ccc(Br)cc1NC(=O)N1CCCC(C)C1. The summed E-state index contributed by atoms with van der Waals surface area (Å²) in [5.41, 5.74) is 0.695. The third kappa shape index (κ3) is 3.62. The molecule has 0 radical (unpaired) electrons. The molecule has 0 spiro atoms. The van der Waals surface area contributed by atoms with Gasteiger partial charge in [-0.25, -0.2) is 4.79 Å². The topological polar surface area (TPSA) is 41.6 Å². The van der Waals surface area contributed by atoms with Gasteiger partial charge in [0.25, 0.3) is 0 Å². The molecule has 1 fully saturated rings. The van der Waals surface area contributed by atoms with Crippen LogP contribution in [0, 0.1) is 5.92 Å². The number of urea groups is 1. The predicted molar refractivity (Wildman–Crippen MR) is 79.7 cm³/mol. The number of nitrogens with one attached hydrogen (secondary N) is 1. The molecule has 1 aliphatic heterocycles. The van der Waals surface area contributed by atoms with Gasteiger partial charge >= 0.3 is 6.03 Å². The van der Waals surface area contributed by atoms with E-state index in [1.165, 1.54) is 6.42 Å². The summed E-state index contributed by atoms with van der Waals surface area (Å²) in [6.45, 7) is 3.83. The highest BCUT2D eigenvalue weighted by Gasteiger charge is 2.21. The fraction of sp³-hybridized carbons (Fsp3) is 0.500. The molecule has 1 atom stereocenters. The maximum Gasteiger partial charge on any atom is 0.321 e. The molecule has 104 valence electrons. The Kier molecular flexibility index (Phi) is 4.69. The van der Waals surface area contributed by atoms with Crippen molar-refractivity contribution < 1.29 is 9.53 Å². The lowest BCUT2D eigenvalue weighted by Gasteiger charge is -2.31. The lowest BCUT2D eigenvalue weighted by Crippen LogP contribution is -2.41. The highest BCUT2D eigenvalue weighted by molar-refractivity contribution is 9.10. The number of piperidine rings is 1. The van der Waals surface area contributed by atoms with Crippen molar-refractivity contribution in [2.75, 3.05) is 25.5 Å². The number of nitrogens with zero attached hydrogens (tertiary/aromatic N) is 1. The Balaban J connectivity index is 2.07. The molecule has 0 aliphatic carbocycles. The third-order valence-corrected chi connectivity index (χ3v) is 3.84. The summed E-state index contributed by atoms with van der Waals surface area (Å²) in [5, 5.41) is 2.92. The Hall–Kier alpha value is -1.23. The normalized spacial score (nSPS) is 19.1. The quantitative estimate of drug-likeness (QED) is 0.899. The van der Waals surface area contributed by atoms with E-state index < -0.39 is 0 Å². The molecular formula is C14H19BrN2O2. The van der Waals surface area contributed by atoms with E-state index in [-0.39, 0.29) is 6.03 Å². The number of likely N-dealkylation sites (tertiary alicyclic amines) is 1. The van der Waals surface area contributed by atoms with Gasteiger partial charge < -0.3 is 15.0 Å². The number of ether oxygens (including phenoxy) is 1. The minimum atomic E-state index is -0.0528. The first kappa shape index (κ1) is 14.2. The number of hydrogen-bond acceptors (Lipinski definition) is 2. The molecule has 1 aromatic carbocycles. The average molecular weight is 327 g/mol. The van der Waals surface area contributed by atoms with Crippen molar-refractivity contribution in [1.82, 2.24) is 4.90 Å². The van der Waals surface area contributed by atoms with Gasteiger partial charge in [-0.1, -0.05) is 22.9 Å². The summed E-state index contributed by atoms with van der Waals surface area (Å²) in [7, 11) is 1.60. The van der Waals surface area contributed by atoms with Crippen molar-refractivity contribution in [3.63, 3.8) is 0 Å². The predicted octanol–water partition coefficient (Wildman–Crippen LogP) is 3.72. The smallest absolute Gasteiger partial charge is 0.321 e. The Morgan fingerprint density at radius 1 is 1.53 bits per heavy atom. The Morgan fingerprint density at radius 2 is 2.32 bits per heavy atom. The van der Waals surface area contributed by atoms with Crippen molar-refractivity contribution in [3.05, 3.63) is 22.7 Å². The second kappa shape index (κ2) is 6.28. The summed E-state index contributed by atoms with van der Waals surface area (Å²) < 4.78 is 6.17. The van der Waals surface area contributed by atoms with E-state index in [4.69, 9.17) is 4.74 Å². The van der Waals surface area contributed by atoms with E-state index in [1.807, 2.05) is 23.1 Å². The van der Waals surface area contributed by atoms with E-state index in [0.29, 0.717) is 17.4 Å². The van der Waals surface area contributed by atoms with Crippen LogP contribution in [0.2, 0.25) is 0 Å². The van der Waals surface area contributed by atoms with Crippen molar-refractivity contribution >= 4 is 27.6 Å². The van der Waals surface area contributed by atoms with Crippen LogP contribution in [0.4, 0.5) is 10.5 Å². The number of benzene rings is 1. The van der Waals surface area contributed by atoms with Gasteiger partial charge in [0, 0.05) is 17.6 Å². The highest BCUT2D eigenvalue weighted by atomic mass is 79.9. The minimum absolute atomic E-state index is 0.0528. The van der Waals surface area contributed by atoms with Crippen LogP contribution in [0.1, 0.15) is 19.8 Å². The van der Waals surface area contributed by atoms with Gasteiger partial charge in [-0.05, 0) is 37.0 Å². The molecule has 0 aromatic heterocycles. The van der Waals surface area contributed by atoms with Gasteiger partial charge in [-0.3, -0.25) is 0 Å². The van der Waals surface area contributed by atoms with Crippen molar-refractivity contribution in [1.29, 1.82) is 0 Å². The molecule has 2 amide bonds. The van der Waals surface area contributed by atoms with Gasteiger partial charge in [-0.15, -0.1) is 0 Å². The molecule has 2 rings (SSSR count). The number of carbonyl (C=O) groups is 1. The van der Waals surface area contributed by atoms with Crippen LogP contribution in [-0.2, 0) is 0 Å². The zero-order valence-electron chi connectivity index (χ0n) is 11.3. The van der Waals surface area contributed by atoms with Gasteiger partial charge in [0.2, 0.25) is 0 Å². The second-order valence-corrected chi connectivity index (χ2v) is 5.88. The van der Waals surface area contributed by atoms with Crippen LogP contribution in [0.15, 0.2) is 22.7 Å². The number of hydrogen-bond donors (Lipinski definition) is 1. The average Bonchev–Trinajstić information content (AvgIpc) is 2.39. The molecule has 19 heavy (non-hydrogen) atoms. The van der Waals surface area contributed by atoms with Crippen LogP contribution in [-0.4, -0.2) is 31.1 Å². The van der Waals surface area contributed by atoms with Crippen LogP contribution < -0.4 is 10.1 Å². The van der Waals surface area contributed by atoms with Gasteiger partial charge in [0.15, 0.2) is 0 Å². The van der Waals surface area contributed by atoms with Gasteiger partial charge in [0.1, 0.15) is 5.75 Å². The molecule has 0 saturated carbocycles. The molecule has 0 bridgehead atoms. The molecule has 1 saturated heterocycles. The van der Waals surface area contributed by atoms with Crippen LogP contribution >= 0.6 is 15.9 Å². The van der Waals surface area contributed by atoms with E-state index in [9.17, 15) is 4.79 Å². The van der Waals surface area contributed by atoms with Gasteiger partial charge in [0.05, 0.1) is 12.8 Å². The zero-order valence-corrected chi connectivity index (χ0v) is 12.9. The van der Waals surface area contributed by atoms with E-state index >= 15 is 0 Å². The second-order valence-electron chi connectivity index (χ2n) is 4.97. The Labute approximate surface area is 122 Å². The van der Waals surface area contributed by atoms with Crippen LogP contribution in [0.25, 0.3) is 0 Å². The monoisotopic (exact) mass is 326 g/mol. The number of halogens is 1. The van der Waals surface area contributed by atoms with Gasteiger partial charge in [-0.2, -0.15) is 0 Å². The minimum Gasteiger partial charge on any atom is -0.495 e. The summed E-state index contributed by atoms with van der Waals surface area (Å²) in [4.78, 5) is 14.1. The largest absolute Gasteiger partial charge is 0.495 e. The molecule has 1 unspecified atom stereocenters. The molecule has 1 aliphatic rings. The molecular weight excluding hydrogens is 308 g/mol. The number of carbonyl (C=O) groups excluding carboxylic acids is 1. The number of anilines is 1. The first-order chi connectivity index (χ1) is 9.10. The molecule has 4 nitrogen and oxygen atoms in total. The van der Waals surface area contributed by atoms with Crippen molar-refractivity contribution in [3.8, 4) is 5.75 Å². The van der Waals surface area contributed by atoms with E-state index in [1.54, 1.807) is 7.11 Å². The summed E-state index contributed by atoms with van der Waals surface area (Å²) in [5.74, 6) is 1.24. The van der Waals surface area contributed by atoms with E-state index in [2.05, 4.69) is 28.2 Å². The van der Waals surface area contributed by atoms with E-state index in [0.717, 1.165) is 24.0 Å². The Morgan fingerprint density at radius 3 is 3.00 bits per heavy atom. The fourth-order valence-electron chi connectivity index (χ4n) is 2.35. The van der Waals surface area contributed by atoms with Crippen LogP contribution in [0.3, 0.4) is 0 Å². The van der Waals surface area contributed by atoms with Crippen molar-refractivity contribution in [2.24, 2.45) is 5.92 Å². The van der Waals surface area contributed by atoms with Crippen LogP contribution in [0.5, 0.6) is 5.75 Å². The molecule has 1 aromatic rings. The lowest BCUT2D eigenvalue weighted by molar-refractivity contribution is 0.182. The third-order valence-electron chi connectivity index (χ3n) is 3.35. The van der Waals surface area contributed by atoms with Crippen molar-refractivity contribution in [2.45, 2.75) is 19.8 Å². The number of methoxy groups -OCH3 is 1. The summed E-state index contributed by atoms with van der Waals surface area (Å²) in [6, 6.07) is 5.52. The molecule has 1 N–H and O–H groups in total. The highest BCUT2D eigenvalue weighted by Crippen LogP contribution is 2.28. The molecule has 5 heteroatoms. The first-order valence-corrected chi connectivity index (χ1v) is 7.29. The Bertz CT molecular complexity index is 465. The first-order valence-electron chi connectivity index (χ1n) is 6.49.